The Labute approximate surface area is 244 Å². The molecule has 3 fully saturated rings. The van der Waals surface area contributed by atoms with Gasteiger partial charge in [0.15, 0.2) is 5.82 Å². The highest BCUT2D eigenvalue weighted by Gasteiger charge is 2.30. The van der Waals surface area contributed by atoms with E-state index in [1.807, 2.05) is 12.1 Å². The van der Waals surface area contributed by atoms with Gasteiger partial charge in [-0.1, -0.05) is 6.42 Å². The van der Waals surface area contributed by atoms with Crippen LogP contribution in [-0.2, 0) is 4.74 Å². The standard InChI is InChI=1S/C30H34N8O4/c31-16-21-15-20(5-10-26(21)42-27-4-2-1-3-25(27)35-30(39)40)28-32-19-33-29(36-28)34-22-6-8-23(9-7-22)37-11-13-38(14-12-37)24-17-41-18-24/h5-10,15,19,24-25,27,35H,1-4,11-14,17-18H2,(H,39,40)(H,32,33,34,36)/t25-,27+/m1/s1. The van der Waals surface area contributed by atoms with Crippen LogP contribution in [0, 0.1) is 11.3 Å². The van der Waals surface area contributed by atoms with Crippen molar-refractivity contribution in [2.45, 2.75) is 43.9 Å². The quantitative estimate of drug-likeness (QED) is 0.364. The highest BCUT2D eigenvalue weighted by Crippen LogP contribution is 2.30. The van der Waals surface area contributed by atoms with Gasteiger partial charge in [0.2, 0.25) is 5.95 Å². The summed E-state index contributed by atoms with van der Waals surface area (Å²) in [6.45, 7) is 5.79. The molecule has 42 heavy (non-hydrogen) atoms. The lowest BCUT2D eigenvalue weighted by atomic mass is 9.92. The number of hydrogen-bond acceptors (Lipinski definition) is 10. The van der Waals surface area contributed by atoms with E-state index < -0.39 is 6.09 Å². The number of rotatable bonds is 8. The van der Waals surface area contributed by atoms with Crippen LogP contribution in [-0.4, -0.2) is 88.6 Å². The molecule has 2 saturated heterocycles. The molecule has 1 aliphatic carbocycles. The van der Waals surface area contributed by atoms with E-state index in [0.717, 1.165) is 57.9 Å². The number of nitriles is 1. The fourth-order valence-corrected chi connectivity index (χ4v) is 5.74. The third-order valence-corrected chi connectivity index (χ3v) is 8.16. The Morgan fingerprint density at radius 3 is 2.55 bits per heavy atom. The number of nitrogens with zero attached hydrogens (tertiary/aromatic N) is 6. The Morgan fingerprint density at radius 1 is 1.05 bits per heavy atom. The molecule has 12 heteroatoms. The van der Waals surface area contributed by atoms with E-state index in [0.29, 0.717) is 47.5 Å². The smallest absolute Gasteiger partial charge is 0.405 e. The topological polar surface area (TPSA) is 149 Å². The Balaban J connectivity index is 1.10. The van der Waals surface area contributed by atoms with E-state index in [1.54, 1.807) is 18.2 Å². The number of amides is 1. The van der Waals surface area contributed by atoms with Crippen LogP contribution >= 0.6 is 0 Å². The highest BCUT2D eigenvalue weighted by molar-refractivity contribution is 5.65. The summed E-state index contributed by atoms with van der Waals surface area (Å²) >= 11 is 0. The van der Waals surface area contributed by atoms with Gasteiger partial charge in [0, 0.05) is 43.1 Å². The number of ether oxygens (including phenoxy) is 2. The molecule has 3 aliphatic rings. The van der Waals surface area contributed by atoms with Crippen molar-refractivity contribution in [3.63, 3.8) is 0 Å². The normalized spacial score (nSPS) is 21.2. The first-order chi connectivity index (χ1) is 20.6. The molecule has 0 bridgehead atoms. The van der Waals surface area contributed by atoms with Gasteiger partial charge in [-0.2, -0.15) is 10.2 Å². The van der Waals surface area contributed by atoms with Crippen LogP contribution in [0.1, 0.15) is 31.2 Å². The molecule has 0 radical (unpaired) electrons. The molecule has 218 valence electrons. The number of carboxylic acid groups (broad SMARTS) is 1. The third-order valence-electron chi connectivity index (χ3n) is 8.16. The predicted octanol–water partition coefficient (Wildman–Crippen LogP) is 3.63. The third kappa shape index (κ3) is 6.37. The molecule has 1 saturated carbocycles. The second kappa shape index (κ2) is 12.6. The van der Waals surface area contributed by atoms with Crippen molar-refractivity contribution in [3.8, 4) is 23.2 Å². The SMILES string of the molecule is N#Cc1cc(-c2ncnc(Nc3ccc(N4CCN(C5COC5)CC4)cc3)n2)ccc1O[C@H]1CCCC[C@H]1NC(=O)O. The van der Waals surface area contributed by atoms with E-state index >= 15 is 0 Å². The van der Waals surface area contributed by atoms with E-state index in [1.165, 1.54) is 12.0 Å². The molecule has 1 aromatic heterocycles. The molecular weight excluding hydrogens is 536 g/mol. The van der Waals surface area contributed by atoms with Crippen molar-refractivity contribution >= 4 is 23.4 Å². The van der Waals surface area contributed by atoms with E-state index in [-0.39, 0.29) is 12.1 Å². The molecule has 0 spiro atoms. The maximum atomic E-state index is 11.2. The van der Waals surface area contributed by atoms with Crippen LogP contribution in [0.4, 0.5) is 22.1 Å². The number of aromatic nitrogens is 3. The van der Waals surface area contributed by atoms with Gasteiger partial charge in [0.25, 0.3) is 0 Å². The van der Waals surface area contributed by atoms with Gasteiger partial charge in [-0.15, -0.1) is 0 Å². The highest BCUT2D eigenvalue weighted by atomic mass is 16.5. The van der Waals surface area contributed by atoms with Crippen molar-refractivity contribution in [2.24, 2.45) is 0 Å². The van der Waals surface area contributed by atoms with E-state index in [9.17, 15) is 15.2 Å². The molecule has 2 aromatic carbocycles. The number of piperazine rings is 1. The maximum Gasteiger partial charge on any atom is 0.405 e. The molecular formula is C30H34N8O4. The number of nitrogens with one attached hydrogen (secondary N) is 2. The molecule has 3 heterocycles. The van der Waals surface area contributed by atoms with Gasteiger partial charge < -0.3 is 30.1 Å². The first-order valence-electron chi connectivity index (χ1n) is 14.4. The van der Waals surface area contributed by atoms with Gasteiger partial charge >= 0.3 is 6.09 Å². The predicted molar refractivity (Wildman–Crippen MR) is 156 cm³/mol. The second-order valence-electron chi connectivity index (χ2n) is 10.8. The first-order valence-corrected chi connectivity index (χ1v) is 14.4. The minimum atomic E-state index is -1.07. The molecule has 0 unspecified atom stereocenters. The molecule has 3 aromatic rings. The summed E-state index contributed by atoms with van der Waals surface area (Å²) in [5.74, 6) is 1.23. The van der Waals surface area contributed by atoms with Crippen LogP contribution in [0.3, 0.4) is 0 Å². The van der Waals surface area contributed by atoms with Crippen LogP contribution in [0.5, 0.6) is 5.75 Å². The van der Waals surface area contributed by atoms with Gasteiger partial charge in [0.1, 0.15) is 24.3 Å². The lowest BCUT2D eigenvalue weighted by molar-refractivity contribution is -0.0660. The van der Waals surface area contributed by atoms with Crippen LogP contribution in [0.2, 0.25) is 0 Å². The van der Waals surface area contributed by atoms with Gasteiger partial charge in [-0.3, -0.25) is 4.90 Å². The van der Waals surface area contributed by atoms with E-state index in [2.05, 4.69) is 53.6 Å². The number of benzene rings is 2. The maximum absolute atomic E-state index is 11.2. The molecule has 3 N–H and O–H groups in total. The van der Waals surface area contributed by atoms with E-state index in [4.69, 9.17) is 9.47 Å². The zero-order valence-corrected chi connectivity index (χ0v) is 23.3. The van der Waals surface area contributed by atoms with Gasteiger partial charge in [0.05, 0.1) is 30.9 Å². The monoisotopic (exact) mass is 570 g/mol. The minimum Gasteiger partial charge on any atom is -0.487 e. The summed E-state index contributed by atoms with van der Waals surface area (Å²) in [5, 5.41) is 24.8. The average molecular weight is 571 g/mol. The lowest BCUT2D eigenvalue weighted by Crippen LogP contribution is -2.56. The van der Waals surface area contributed by atoms with Crippen LogP contribution in [0.25, 0.3) is 11.4 Å². The summed E-state index contributed by atoms with van der Waals surface area (Å²) in [4.78, 5) is 29.3. The molecule has 2 aliphatic heterocycles. The first kappa shape index (κ1) is 27.7. The Kier molecular flexibility index (Phi) is 8.30. The Bertz CT molecular complexity index is 1430. The average Bonchev–Trinajstić information content (AvgIpc) is 2.98. The molecule has 2 atom stereocenters. The van der Waals surface area contributed by atoms with Crippen molar-refractivity contribution in [3.05, 3.63) is 54.4 Å². The zero-order chi connectivity index (χ0) is 28.9. The fraction of sp³-hybridized carbons (Fsp3) is 0.433. The molecule has 12 nitrogen and oxygen atoms in total. The Hall–Kier alpha value is -4.47. The summed E-state index contributed by atoms with van der Waals surface area (Å²) in [6, 6.07) is 15.9. The number of hydrogen-bond donors (Lipinski definition) is 3. The minimum absolute atomic E-state index is 0.314. The zero-order valence-electron chi connectivity index (χ0n) is 23.3. The summed E-state index contributed by atoms with van der Waals surface area (Å²) in [5.41, 5.74) is 3.03. The lowest BCUT2D eigenvalue weighted by Gasteiger charge is -2.43. The second-order valence-corrected chi connectivity index (χ2v) is 10.8. The summed E-state index contributed by atoms with van der Waals surface area (Å²) in [6.07, 6.45) is 3.32. The number of carbonyl (C=O) groups is 1. The summed E-state index contributed by atoms with van der Waals surface area (Å²) in [7, 11) is 0. The van der Waals surface area contributed by atoms with Gasteiger partial charge in [-0.25, -0.2) is 14.8 Å². The van der Waals surface area contributed by atoms with Crippen molar-refractivity contribution in [1.82, 2.24) is 25.2 Å². The van der Waals surface area contributed by atoms with Crippen LogP contribution < -0.4 is 20.3 Å². The van der Waals surface area contributed by atoms with Crippen molar-refractivity contribution < 1.29 is 19.4 Å². The van der Waals surface area contributed by atoms with Crippen molar-refractivity contribution in [1.29, 1.82) is 5.26 Å². The largest absolute Gasteiger partial charge is 0.487 e. The molecule has 6 rings (SSSR count). The molecule has 1 amide bonds. The Morgan fingerprint density at radius 2 is 1.83 bits per heavy atom. The van der Waals surface area contributed by atoms with Gasteiger partial charge in [-0.05, 0) is 61.7 Å². The number of anilines is 3. The summed E-state index contributed by atoms with van der Waals surface area (Å²) < 4.78 is 11.5. The van der Waals surface area contributed by atoms with Crippen molar-refractivity contribution in [2.75, 3.05) is 49.6 Å². The van der Waals surface area contributed by atoms with Crippen LogP contribution in [0.15, 0.2) is 48.8 Å². The fourth-order valence-electron chi connectivity index (χ4n) is 5.74.